The lowest BCUT2D eigenvalue weighted by Gasteiger charge is -2.08. The van der Waals surface area contributed by atoms with Gasteiger partial charge in [-0.2, -0.15) is 0 Å². The van der Waals surface area contributed by atoms with Crippen LogP contribution in [-0.2, 0) is 6.42 Å². The van der Waals surface area contributed by atoms with Crippen LogP contribution in [0.25, 0.3) is 0 Å². The number of phenolic OH excluding ortho intramolecular Hbond substituents is 1. The maximum absolute atomic E-state index is 12.1. The predicted octanol–water partition coefficient (Wildman–Crippen LogP) is 3.86. The number of halogens is 1. The number of nitrogens with one attached hydrogen (secondary N) is 1. The molecular formula is C15H14ClNO2. The minimum absolute atomic E-state index is 0.0110. The molecule has 2 rings (SSSR count). The summed E-state index contributed by atoms with van der Waals surface area (Å²) in [6.07, 6.45) is 0.899. The predicted molar refractivity (Wildman–Crippen MR) is 76.9 cm³/mol. The van der Waals surface area contributed by atoms with Crippen molar-refractivity contribution in [1.82, 2.24) is 0 Å². The fraction of sp³-hybridized carbons (Fsp3) is 0.133. The van der Waals surface area contributed by atoms with Crippen molar-refractivity contribution in [2.45, 2.75) is 13.3 Å². The van der Waals surface area contributed by atoms with Crippen LogP contribution in [0.4, 0.5) is 5.69 Å². The fourth-order valence-corrected chi connectivity index (χ4v) is 1.96. The second-order valence-electron chi connectivity index (χ2n) is 4.17. The molecule has 2 aromatic rings. The molecule has 2 N–H and O–H groups in total. The summed E-state index contributed by atoms with van der Waals surface area (Å²) in [6.45, 7) is 2.05. The summed E-state index contributed by atoms with van der Waals surface area (Å²) < 4.78 is 0. The lowest BCUT2D eigenvalue weighted by molar-refractivity contribution is 0.102. The number of aryl methyl sites for hydroxylation is 1. The molecule has 3 nitrogen and oxygen atoms in total. The molecule has 0 saturated carbocycles. The summed E-state index contributed by atoms with van der Waals surface area (Å²) in [5, 5.41) is 12.5. The Hall–Kier alpha value is -2.00. The molecule has 0 aliphatic heterocycles. The van der Waals surface area contributed by atoms with Gasteiger partial charge in [-0.05, 0) is 42.3 Å². The van der Waals surface area contributed by atoms with Crippen molar-refractivity contribution < 1.29 is 9.90 Å². The van der Waals surface area contributed by atoms with Gasteiger partial charge in [0.15, 0.2) is 0 Å². The van der Waals surface area contributed by atoms with Gasteiger partial charge in [0.05, 0.1) is 10.6 Å². The molecule has 0 aliphatic carbocycles. The van der Waals surface area contributed by atoms with E-state index in [-0.39, 0.29) is 17.2 Å². The van der Waals surface area contributed by atoms with Crippen LogP contribution in [0.5, 0.6) is 5.75 Å². The van der Waals surface area contributed by atoms with E-state index in [9.17, 15) is 9.90 Å². The SMILES string of the molecule is CCc1cccc(NC(=O)c2cc(O)ccc2Cl)c1. The number of amides is 1. The number of anilines is 1. The first-order valence-corrected chi connectivity index (χ1v) is 6.36. The minimum Gasteiger partial charge on any atom is -0.508 e. The van der Waals surface area contributed by atoms with Crippen LogP contribution < -0.4 is 5.32 Å². The van der Waals surface area contributed by atoms with E-state index < -0.39 is 0 Å². The maximum atomic E-state index is 12.1. The summed E-state index contributed by atoms with van der Waals surface area (Å²) in [5.74, 6) is -0.328. The summed E-state index contributed by atoms with van der Waals surface area (Å²) in [4.78, 5) is 12.1. The van der Waals surface area contributed by atoms with Gasteiger partial charge in [-0.3, -0.25) is 4.79 Å². The molecule has 19 heavy (non-hydrogen) atoms. The molecule has 0 aliphatic rings. The third-order valence-corrected chi connectivity index (χ3v) is 3.12. The standard InChI is InChI=1S/C15H14ClNO2/c1-2-10-4-3-5-11(8-10)17-15(19)13-9-12(18)6-7-14(13)16/h3-9,18H,2H2,1H3,(H,17,19). The molecule has 1 amide bonds. The Labute approximate surface area is 116 Å². The normalized spacial score (nSPS) is 10.2. The molecular weight excluding hydrogens is 262 g/mol. The van der Waals surface area contributed by atoms with E-state index >= 15 is 0 Å². The summed E-state index contributed by atoms with van der Waals surface area (Å²) in [5.41, 5.74) is 2.10. The zero-order valence-electron chi connectivity index (χ0n) is 10.5. The highest BCUT2D eigenvalue weighted by atomic mass is 35.5. The van der Waals surface area contributed by atoms with Gasteiger partial charge in [-0.25, -0.2) is 0 Å². The fourth-order valence-electron chi connectivity index (χ4n) is 1.75. The first-order chi connectivity index (χ1) is 9.10. The third-order valence-electron chi connectivity index (χ3n) is 2.79. The van der Waals surface area contributed by atoms with Crippen LogP contribution in [0.2, 0.25) is 5.02 Å². The van der Waals surface area contributed by atoms with Crippen LogP contribution in [0.1, 0.15) is 22.8 Å². The van der Waals surface area contributed by atoms with Crippen molar-refractivity contribution in [2.75, 3.05) is 5.32 Å². The number of phenols is 1. The van der Waals surface area contributed by atoms with E-state index in [0.717, 1.165) is 12.0 Å². The van der Waals surface area contributed by atoms with Gasteiger partial charge in [-0.15, -0.1) is 0 Å². The number of rotatable bonds is 3. The first-order valence-electron chi connectivity index (χ1n) is 5.99. The Balaban J connectivity index is 2.23. The van der Waals surface area contributed by atoms with Crippen LogP contribution in [-0.4, -0.2) is 11.0 Å². The van der Waals surface area contributed by atoms with E-state index in [1.165, 1.54) is 18.2 Å². The summed E-state index contributed by atoms with van der Waals surface area (Å²) in [6, 6.07) is 11.9. The maximum Gasteiger partial charge on any atom is 0.257 e. The van der Waals surface area contributed by atoms with E-state index in [4.69, 9.17) is 11.6 Å². The molecule has 0 heterocycles. The van der Waals surface area contributed by atoms with E-state index in [1.807, 2.05) is 31.2 Å². The van der Waals surface area contributed by atoms with Gasteiger partial charge in [0.1, 0.15) is 5.75 Å². The van der Waals surface area contributed by atoms with E-state index in [1.54, 1.807) is 0 Å². The molecule has 2 aromatic carbocycles. The lowest BCUT2D eigenvalue weighted by atomic mass is 10.1. The highest BCUT2D eigenvalue weighted by molar-refractivity contribution is 6.34. The van der Waals surface area contributed by atoms with E-state index in [0.29, 0.717) is 10.7 Å². The number of hydrogen-bond donors (Lipinski definition) is 2. The number of aromatic hydroxyl groups is 1. The van der Waals surface area contributed by atoms with Crippen molar-refractivity contribution >= 4 is 23.2 Å². The number of benzene rings is 2. The van der Waals surface area contributed by atoms with Crippen LogP contribution in [0.3, 0.4) is 0 Å². The average molecular weight is 276 g/mol. The van der Waals surface area contributed by atoms with Crippen LogP contribution >= 0.6 is 11.6 Å². The van der Waals surface area contributed by atoms with Crippen LogP contribution in [0, 0.1) is 0 Å². The second-order valence-corrected chi connectivity index (χ2v) is 4.58. The number of hydrogen-bond acceptors (Lipinski definition) is 2. The lowest BCUT2D eigenvalue weighted by Crippen LogP contribution is -2.12. The molecule has 0 aromatic heterocycles. The molecule has 0 saturated heterocycles. The van der Waals surface area contributed by atoms with Crippen molar-refractivity contribution in [3.63, 3.8) is 0 Å². The van der Waals surface area contributed by atoms with Gasteiger partial charge >= 0.3 is 0 Å². The van der Waals surface area contributed by atoms with Gasteiger partial charge in [0.2, 0.25) is 0 Å². The van der Waals surface area contributed by atoms with Crippen molar-refractivity contribution in [3.05, 3.63) is 58.6 Å². The average Bonchev–Trinajstić information content (AvgIpc) is 2.41. The van der Waals surface area contributed by atoms with Crippen molar-refractivity contribution in [2.24, 2.45) is 0 Å². The summed E-state index contributed by atoms with van der Waals surface area (Å²) in [7, 11) is 0. The molecule has 0 unspecified atom stereocenters. The number of carbonyl (C=O) groups excluding carboxylic acids is 1. The molecule has 98 valence electrons. The first kappa shape index (κ1) is 13.4. The molecule has 0 radical (unpaired) electrons. The third kappa shape index (κ3) is 3.26. The van der Waals surface area contributed by atoms with Gasteiger partial charge in [0, 0.05) is 5.69 Å². The number of carbonyl (C=O) groups is 1. The molecule has 0 spiro atoms. The quantitative estimate of drug-likeness (QED) is 0.894. The Kier molecular flexibility index (Phi) is 4.07. The monoisotopic (exact) mass is 275 g/mol. The molecule has 0 fully saturated rings. The zero-order chi connectivity index (χ0) is 13.8. The second kappa shape index (κ2) is 5.76. The van der Waals surface area contributed by atoms with E-state index in [2.05, 4.69) is 5.32 Å². The molecule has 4 heteroatoms. The molecule has 0 atom stereocenters. The van der Waals surface area contributed by atoms with Gasteiger partial charge < -0.3 is 10.4 Å². The highest BCUT2D eigenvalue weighted by Gasteiger charge is 2.11. The van der Waals surface area contributed by atoms with Gasteiger partial charge in [0.25, 0.3) is 5.91 Å². The largest absolute Gasteiger partial charge is 0.508 e. The Morgan fingerprint density at radius 1 is 1.26 bits per heavy atom. The minimum atomic E-state index is -0.339. The highest BCUT2D eigenvalue weighted by Crippen LogP contribution is 2.22. The van der Waals surface area contributed by atoms with Gasteiger partial charge in [-0.1, -0.05) is 30.7 Å². The van der Waals surface area contributed by atoms with Crippen molar-refractivity contribution in [1.29, 1.82) is 0 Å². The van der Waals surface area contributed by atoms with Crippen LogP contribution in [0.15, 0.2) is 42.5 Å². The smallest absolute Gasteiger partial charge is 0.257 e. The summed E-state index contributed by atoms with van der Waals surface area (Å²) >= 11 is 5.94. The Morgan fingerprint density at radius 2 is 2.05 bits per heavy atom. The molecule has 0 bridgehead atoms. The zero-order valence-corrected chi connectivity index (χ0v) is 11.2. The Morgan fingerprint density at radius 3 is 2.79 bits per heavy atom. The topological polar surface area (TPSA) is 49.3 Å². The Bertz CT molecular complexity index is 611. The van der Waals surface area contributed by atoms with Crippen molar-refractivity contribution in [3.8, 4) is 5.75 Å².